The summed E-state index contributed by atoms with van der Waals surface area (Å²) < 4.78 is 0. The van der Waals surface area contributed by atoms with E-state index in [-0.39, 0.29) is 0 Å². The van der Waals surface area contributed by atoms with E-state index in [0.717, 1.165) is 46.2 Å². The van der Waals surface area contributed by atoms with E-state index in [1.165, 1.54) is 11.1 Å². The number of aromatic nitrogens is 3. The normalized spacial score (nSPS) is 14.0. The maximum Gasteiger partial charge on any atom is 0.146 e. The molecule has 3 aromatic rings. The molecule has 0 saturated carbocycles. The molecule has 1 N–H and O–H groups in total. The summed E-state index contributed by atoms with van der Waals surface area (Å²) in [5.41, 5.74) is 5.70. The van der Waals surface area contributed by atoms with Crippen molar-refractivity contribution in [2.45, 2.75) is 20.3 Å². The molecule has 4 nitrogen and oxygen atoms in total. The highest BCUT2D eigenvalue weighted by atomic mass is 35.5. The van der Waals surface area contributed by atoms with Crippen LogP contribution in [0.1, 0.15) is 16.8 Å². The zero-order valence-electron chi connectivity index (χ0n) is 11.9. The molecule has 3 heterocycles. The monoisotopic (exact) mass is 298 g/mol. The van der Waals surface area contributed by atoms with E-state index in [4.69, 9.17) is 11.6 Å². The lowest BCUT2D eigenvalue weighted by Crippen LogP contribution is -2.15. The molecule has 21 heavy (non-hydrogen) atoms. The molecule has 0 bridgehead atoms. The van der Waals surface area contributed by atoms with Crippen LogP contribution < -0.4 is 4.90 Å². The van der Waals surface area contributed by atoms with E-state index in [1.807, 2.05) is 12.1 Å². The second kappa shape index (κ2) is 4.46. The van der Waals surface area contributed by atoms with Crippen LogP contribution in [0.5, 0.6) is 0 Å². The first-order valence-corrected chi connectivity index (χ1v) is 7.39. The zero-order valence-corrected chi connectivity index (χ0v) is 12.7. The number of benzene rings is 1. The molecule has 0 amide bonds. The van der Waals surface area contributed by atoms with Gasteiger partial charge in [-0.2, -0.15) is 0 Å². The molecule has 0 spiro atoms. The van der Waals surface area contributed by atoms with Gasteiger partial charge in [0, 0.05) is 22.9 Å². The van der Waals surface area contributed by atoms with Gasteiger partial charge in [0.2, 0.25) is 0 Å². The molecule has 1 aromatic carbocycles. The maximum atomic E-state index is 6.16. The van der Waals surface area contributed by atoms with Crippen molar-refractivity contribution in [1.82, 2.24) is 15.0 Å². The molecule has 2 aromatic heterocycles. The second-order valence-electron chi connectivity index (χ2n) is 5.47. The first kappa shape index (κ1) is 12.7. The molecule has 0 radical (unpaired) electrons. The summed E-state index contributed by atoms with van der Waals surface area (Å²) in [4.78, 5) is 14.5. The Balaban J connectivity index is 1.95. The molecule has 106 valence electrons. The number of rotatable bonds is 1. The number of aryl methyl sites for hydroxylation is 2. The Bertz CT molecular complexity index is 853. The minimum Gasteiger partial charge on any atom is -0.343 e. The van der Waals surface area contributed by atoms with E-state index < -0.39 is 0 Å². The molecular weight excluding hydrogens is 284 g/mol. The SMILES string of the molecule is Cc1[nH]c2ncnc(N3CCc4ccc(Cl)cc43)c2c1C. The highest BCUT2D eigenvalue weighted by Gasteiger charge is 2.24. The summed E-state index contributed by atoms with van der Waals surface area (Å²) in [7, 11) is 0. The first-order chi connectivity index (χ1) is 10.1. The summed E-state index contributed by atoms with van der Waals surface area (Å²) in [6, 6.07) is 6.07. The molecular formula is C16H15ClN4. The van der Waals surface area contributed by atoms with E-state index in [0.29, 0.717) is 0 Å². The third kappa shape index (κ3) is 1.83. The largest absolute Gasteiger partial charge is 0.343 e. The lowest BCUT2D eigenvalue weighted by atomic mass is 10.1. The fourth-order valence-corrected chi connectivity index (χ4v) is 3.22. The number of hydrogen-bond donors (Lipinski definition) is 1. The topological polar surface area (TPSA) is 44.8 Å². The Kier molecular flexibility index (Phi) is 2.69. The van der Waals surface area contributed by atoms with Crippen molar-refractivity contribution >= 4 is 34.1 Å². The van der Waals surface area contributed by atoms with Crippen LogP contribution >= 0.6 is 11.6 Å². The summed E-state index contributed by atoms with van der Waals surface area (Å²) in [5, 5.41) is 1.86. The average molecular weight is 299 g/mol. The maximum absolute atomic E-state index is 6.16. The van der Waals surface area contributed by atoms with Gasteiger partial charge in [0.05, 0.1) is 5.39 Å². The summed E-state index contributed by atoms with van der Waals surface area (Å²) in [6.07, 6.45) is 2.63. The fraction of sp³-hybridized carbons (Fsp3) is 0.250. The third-order valence-electron chi connectivity index (χ3n) is 4.27. The molecule has 4 rings (SSSR count). The van der Waals surface area contributed by atoms with Gasteiger partial charge >= 0.3 is 0 Å². The van der Waals surface area contributed by atoms with Gasteiger partial charge in [0.15, 0.2) is 0 Å². The van der Waals surface area contributed by atoms with Gasteiger partial charge in [-0.25, -0.2) is 9.97 Å². The molecule has 0 atom stereocenters. The molecule has 1 aliphatic rings. The van der Waals surface area contributed by atoms with Crippen LogP contribution in [-0.2, 0) is 6.42 Å². The van der Waals surface area contributed by atoms with Crippen LogP contribution in [0.3, 0.4) is 0 Å². The van der Waals surface area contributed by atoms with Gasteiger partial charge in [0.1, 0.15) is 17.8 Å². The number of H-pyrrole nitrogens is 1. The van der Waals surface area contributed by atoms with Crippen LogP contribution in [-0.4, -0.2) is 21.5 Å². The van der Waals surface area contributed by atoms with Gasteiger partial charge in [-0.3, -0.25) is 0 Å². The fourth-order valence-electron chi connectivity index (χ4n) is 3.05. The van der Waals surface area contributed by atoms with Crippen molar-refractivity contribution in [3.63, 3.8) is 0 Å². The Morgan fingerprint density at radius 1 is 1.24 bits per heavy atom. The van der Waals surface area contributed by atoms with Crippen LogP contribution in [0.4, 0.5) is 11.5 Å². The Hall–Kier alpha value is -2.07. The van der Waals surface area contributed by atoms with Gasteiger partial charge in [-0.15, -0.1) is 0 Å². The molecule has 0 fully saturated rings. The zero-order chi connectivity index (χ0) is 14.6. The van der Waals surface area contributed by atoms with Crippen molar-refractivity contribution < 1.29 is 0 Å². The van der Waals surface area contributed by atoms with Crippen LogP contribution in [0, 0.1) is 13.8 Å². The second-order valence-corrected chi connectivity index (χ2v) is 5.91. The summed E-state index contributed by atoms with van der Waals surface area (Å²) in [6.45, 7) is 5.09. The summed E-state index contributed by atoms with van der Waals surface area (Å²) >= 11 is 6.16. The lowest BCUT2D eigenvalue weighted by Gasteiger charge is -2.19. The van der Waals surface area contributed by atoms with E-state index >= 15 is 0 Å². The molecule has 0 aliphatic carbocycles. The number of fused-ring (bicyclic) bond motifs is 2. The number of aromatic amines is 1. The number of halogens is 1. The van der Waals surface area contributed by atoms with Gasteiger partial charge in [-0.1, -0.05) is 17.7 Å². The third-order valence-corrected chi connectivity index (χ3v) is 4.50. The van der Waals surface area contributed by atoms with Crippen molar-refractivity contribution in [1.29, 1.82) is 0 Å². The minimum absolute atomic E-state index is 0.757. The van der Waals surface area contributed by atoms with Gasteiger partial charge < -0.3 is 9.88 Å². The highest BCUT2D eigenvalue weighted by Crippen LogP contribution is 2.39. The highest BCUT2D eigenvalue weighted by molar-refractivity contribution is 6.31. The number of nitrogens with zero attached hydrogens (tertiary/aromatic N) is 3. The lowest BCUT2D eigenvalue weighted by molar-refractivity contribution is 0.974. The van der Waals surface area contributed by atoms with E-state index in [2.05, 4.69) is 39.8 Å². The van der Waals surface area contributed by atoms with Crippen LogP contribution in [0.15, 0.2) is 24.5 Å². The standard InChI is InChI=1S/C16H15ClN4/c1-9-10(2)20-15-14(9)16(19-8-18-15)21-6-5-11-3-4-12(17)7-13(11)21/h3-4,7-8H,5-6H2,1-2H3,(H,18,19,20). The number of nitrogens with one attached hydrogen (secondary N) is 1. The van der Waals surface area contributed by atoms with Crippen molar-refractivity contribution in [2.24, 2.45) is 0 Å². The minimum atomic E-state index is 0.757. The van der Waals surface area contributed by atoms with Crippen molar-refractivity contribution in [2.75, 3.05) is 11.4 Å². The van der Waals surface area contributed by atoms with Crippen LogP contribution in [0.2, 0.25) is 5.02 Å². The smallest absolute Gasteiger partial charge is 0.146 e. The average Bonchev–Trinajstić information content (AvgIpc) is 3.00. The molecule has 1 aliphatic heterocycles. The predicted molar refractivity (Wildman–Crippen MR) is 85.5 cm³/mol. The van der Waals surface area contributed by atoms with Gasteiger partial charge in [-0.05, 0) is 43.5 Å². The Morgan fingerprint density at radius 3 is 2.95 bits per heavy atom. The molecule has 0 unspecified atom stereocenters. The summed E-state index contributed by atoms with van der Waals surface area (Å²) in [5.74, 6) is 0.961. The quantitative estimate of drug-likeness (QED) is 0.740. The van der Waals surface area contributed by atoms with Gasteiger partial charge in [0.25, 0.3) is 0 Å². The van der Waals surface area contributed by atoms with Crippen LogP contribution in [0.25, 0.3) is 11.0 Å². The predicted octanol–water partition coefficient (Wildman–Crippen LogP) is 3.92. The number of hydrogen-bond acceptors (Lipinski definition) is 3. The number of anilines is 2. The Morgan fingerprint density at radius 2 is 2.10 bits per heavy atom. The van der Waals surface area contributed by atoms with E-state index in [1.54, 1.807) is 6.33 Å². The molecule has 0 saturated heterocycles. The Labute approximate surface area is 127 Å². The van der Waals surface area contributed by atoms with E-state index in [9.17, 15) is 0 Å². The molecule has 5 heteroatoms. The van der Waals surface area contributed by atoms with Crippen molar-refractivity contribution in [3.05, 3.63) is 46.4 Å². The van der Waals surface area contributed by atoms with Crippen molar-refractivity contribution in [3.8, 4) is 0 Å². The first-order valence-electron chi connectivity index (χ1n) is 7.01.